The summed E-state index contributed by atoms with van der Waals surface area (Å²) in [5.74, 6) is 0.0156. The molecular weight excluding hydrogens is 130 g/mol. The standard InChI is InChI=1S/C5H13N5/c1-10(2)4-3(8-4)9-5(6)7/h3-4,8H,1-2H3,(H4,6,7,9). The molecule has 1 aliphatic heterocycles. The fraction of sp³-hybridized carbons (Fsp3) is 0.800. The van der Waals surface area contributed by atoms with Crippen LogP contribution in [0.2, 0.25) is 0 Å². The van der Waals surface area contributed by atoms with Crippen LogP contribution in [0.3, 0.4) is 0 Å². The van der Waals surface area contributed by atoms with Gasteiger partial charge in [0.1, 0.15) is 6.17 Å². The third-order valence-electron chi connectivity index (χ3n) is 1.42. The van der Waals surface area contributed by atoms with Crippen LogP contribution >= 0.6 is 0 Å². The highest BCUT2D eigenvalue weighted by Crippen LogP contribution is 2.08. The van der Waals surface area contributed by atoms with Crippen molar-refractivity contribution < 1.29 is 0 Å². The normalized spacial score (nSPS) is 30.3. The van der Waals surface area contributed by atoms with Crippen LogP contribution in [-0.4, -0.2) is 37.3 Å². The zero-order valence-corrected chi connectivity index (χ0v) is 6.18. The monoisotopic (exact) mass is 143 g/mol. The Morgan fingerprint density at radius 1 is 1.70 bits per heavy atom. The van der Waals surface area contributed by atoms with Crippen molar-refractivity contribution in [1.29, 1.82) is 5.41 Å². The van der Waals surface area contributed by atoms with E-state index in [9.17, 15) is 0 Å². The molecule has 5 heteroatoms. The average molecular weight is 143 g/mol. The predicted octanol–water partition coefficient (Wildman–Crippen LogP) is -1.71. The molecule has 1 rings (SSSR count). The number of nitrogens with zero attached hydrogens (tertiary/aromatic N) is 1. The summed E-state index contributed by atoms with van der Waals surface area (Å²) >= 11 is 0. The second kappa shape index (κ2) is 2.43. The molecule has 1 fully saturated rings. The number of nitrogens with two attached hydrogens (primary N) is 1. The molecule has 58 valence electrons. The third kappa shape index (κ3) is 1.58. The maximum atomic E-state index is 6.90. The molecular formula is C5H13N5. The van der Waals surface area contributed by atoms with Crippen LogP contribution in [0.4, 0.5) is 0 Å². The number of hydrogen-bond donors (Lipinski definition) is 4. The number of guanidine groups is 1. The van der Waals surface area contributed by atoms with Crippen LogP contribution in [-0.2, 0) is 0 Å². The first-order chi connectivity index (χ1) is 4.61. The fourth-order valence-corrected chi connectivity index (χ4v) is 0.864. The Morgan fingerprint density at radius 2 is 2.30 bits per heavy atom. The quantitative estimate of drug-likeness (QED) is 0.210. The summed E-state index contributed by atoms with van der Waals surface area (Å²) in [5.41, 5.74) is 5.11. The van der Waals surface area contributed by atoms with E-state index in [2.05, 4.69) is 10.6 Å². The van der Waals surface area contributed by atoms with Gasteiger partial charge < -0.3 is 11.1 Å². The van der Waals surface area contributed by atoms with Crippen LogP contribution in [0.25, 0.3) is 0 Å². The Morgan fingerprint density at radius 3 is 2.60 bits per heavy atom. The van der Waals surface area contributed by atoms with Crippen LogP contribution < -0.4 is 16.4 Å². The van der Waals surface area contributed by atoms with Gasteiger partial charge in [-0.2, -0.15) is 0 Å². The molecule has 2 atom stereocenters. The summed E-state index contributed by atoms with van der Waals surface area (Å²) in [4.78, 5) is 2.03. The van der Waals surface area contributed by atoms with Gasteiger partial charge in [0.25, 0.3) is 0 Å². The molecule has 0 aromatic heterocycles. The second-order valence-corrected chi connectivity index (χ2v) is 2.61. The minimum Gasteiger partial charge on any atom is -0.370 e. The Balaban J connectivity index is 2.19. The maximum Gasteiger partial charge on any atom is 0.187 e. The van der Waals surface area contributed by atoms with Crippen molar-refractivity contribution in [2.75, 3.05) is 14.1 Å². The topological polar surface area (TPSA) is 87.1 Å². The van der Waals surface area contributed by atoms with Gasteiger partial charge in [-0.3, -0.25) is 15.6 Å². The van der Waals surface area contributed by atoms with E-state index in [0.717, 1.165) is 0 Å². The summed E-state index contributed by atoms with van der Waals surface area (Å²) < 4.78 is 0. The molecule has 0 amide bonds. The van der Waals surface area contributed by atoms with Gasteiger partial charge in [-0.05, 0) is 14.1 Å². The van der Waals surface area contributed by atoms with Gasteiger partial charge in [0.2, 0.25) is 0 Å². The zero-order valence-electron chi connectivity index (χ0n) is 6.18. The third-order valence-corrected chi connectivity index (χ3v) is 1.42. The van der Waals surface area contributed by atoms with Crippen molar-refractivity contribution >= 4 is 5.96 Å². The van der Waals surface area contributed by atoms with Gasteiger partial charge in [0.15, 0.2) is 5.96 Å². The zero-order chi connectivity index (χ0) is 7.72. The van der Waals surface area contributed by atoms with Crippen molar-refractivity contribution in [1.82, 2.24) is 15.5 Å². The lowest BCUT2D eigenvalue weighted by Crippen LogP contribution is -2.36. The minimum atomic E-state index is 0.0156. The van der Waals surface area contributed by atoms with Crippen LogP contribution in [0.15, 0.2) is 0 Å². The highest BCUT2D eigenvalue weighted by Gasteiger charge is 2.37. The molecule has 0 radical (unpaired) electrons. The Hall–Kier alpha value is -0.810. The van der Waals surface area contributed by atoms with Crippen LogP contribution in [0.1, 0.15) is 0 Å². The highest BCUT2D eigenvalue weighted by molar-refractivity contribution is 5.75. The first-order valence-corrected chi connectivity index (χ1v) is 3.14. The number of hydrogen-bond acceptors (Lipinski definition) is 3. The first-order valence-electron chi connectivity index (χ1n) is 3.14. The first kappa shape index (κ1) is 7.30. The summed E-state index contributed by atoms with van der Waals surface area (Å²) in [6.07, 6.45) is 0.483. The number of likely N-dealkylation sites (N-methyl/N-ethyl adjacent to an activating group) is 1. The smallest absolute Gasteiger partial charge is 0.187 e. The van der Waals surface area contributed by atoms with E-state index in [1.54, 1.807) is 0 Å². The summed E-state index contributed by atoms with van der Waals surface area (Å²) in [5, 5.41) is 12.8. The van der Waals surface area contributed by atoms with Gasteiger partial charge in [0.05, 0.1) is 6.17 Å². The van der Waals surface area contributed by atoms with E-state index in [-0.39, 0.29) is 12.1 Å². The van der Waals surface area contributed by atoms with E-state index in [1.807, 2.05) is 19.0 Å². The summed E-state index contributed by atoms with van der Waals surface area (Å²) in [7, 11) is 3.94. The lowest BCUT2D eigenvalue weighted by atomic mass is 10.6. The van der Waals surface area contributed by atoms with E-state index >= 15 is 0 Å². The number of nitrogens with one attached hydrogen (secondary N) is 3. The van der Waals surface area contributed by atoms with E-state index in [0.29, 0.717) is 6.17 Å². The van der Waals surface area contributed by atoms with Crippen molar-refractivity contribution in [3.8, 4) is 0 Å². The van der Waals surface area contributed by atoms with Gasteiger partial charge in [-0.25, -0.2) is 0 Å². The van der Waals surface area contributed by atoms with Crippen molar-refractivity contribution in [3.63, 3.8) is 0 Å². The number of rotatable bonds is 2. The molecule has 1 heterocycles. The molecule has 0 spiro atoms. The molecule has 0 bridgehead atoms. The molecule has 0 aliphatic carbocycles. The van der Waals surface area contributed by atoms with Gasteiger partial charge >= 0.3 is 0 Å². The van der Waals surface area contributed by atoms with Crippen molar-refractivity contribution in [2.24, 2.45) is 5.73 Å². The molecule has 1 saturated heterocycles. The lowest BCUT2D eigenvalue weighted by molar-refractivity contribution is 0.381. The SMILES string of the molecule is CN(C)C1NC1NC(=N)N. The molecule has 0 aromatic rings. The maximum absolute atomic E-state index is 6.90. The van der Waals surface area contributed by atoms with Crippen LogP contribution in [0, 0.1) is 5.41 Å². The Labute approximate surface area is 60.1 Å². The minimum absolute atomic E-state index is 0.0156. The lowest BCUT2D eigenvalue weighted by Gasteiger charge is -2.06. The fourth-order valence-electron chi connectivity index (χ4n) is 0.864. The van der Waals surface area contributed by atoms with Crippen molar-refractivity contribution in [3.05, 3.63) is 0 Å². The predicted molar refractivity (Wildman–Crippen MR) is 39.4 cm³/mol. The van der Waals surface area contributed by atoms with E-state index < -0.39 is 0 Å². The largest absolute Gasteiger partial charge is 0.370 e. The van der Waals surface area contributed by atoms with Crippen LogP contribution in [0.5, 0.6) is 0 Å². The van der Waals surface area contributed by atoms with Gasteiger partial charge in [0, 0.05) is 0 Å². The Bertz CT molecular complexity index is 143. The Kier molecular flexibility index (Phi) is 1.78. The molecule has 5 N–H and O–H groups in total. The molecule has 10 heavy (non-hydrogen) atoms. The second-order valence-electron chi connectivity index (χ2n) is 2.61. The highest BCUT2D eigenvalue weighted by atomic mass is 15.5. The van der Waals surface area contributed by atoms with E-state index in [4.69, 9.17) is 11.1 Å². The van der Waals surface area contributed by atoms with E-state index in [1.165, 1.54) is 0 Å². The average Bonchev–Trinajstić information content (AvgIpc) is 2.43. The van der Waals surface area contributed by atoms with Gasteiger partial charge in [-0.15, -0.1) is 0 Å². The molecule has 2 unspecified atom stereocenters. The molecule has 1 aliphatic rings. The molecule has 0 aromatic carbocycles. The molecule has 5 nitrogen and oxygen atoms in total. The summed E-state index contributed by atoms with van der Waals surface area (Å²) in [6.45, 7) is 0. The summed E-state index contributed by atoms with van der Waals surface area (Å²) in [6, 6.07) is 0. The van der Waals surface area contributed by atoms with Gasteiger partial charge in [-0.1, -0.05) is 0 Å². The molecule has 0 saturated carbocycles. The van der Waals surface area contributed by atoms with Crippen molar-refractivity contribution in [2.45, 2.75) is 12.3 Å².